The molecule has 0 bridgehead atoms. The normalized spacial score (nSPS) is 16.6. The van der Waals surface area contributed by atoms with Crippen LogP contribution >= 0.6 is 0 Å². The van der Waals surface area contributed by atoms with Gasteiger partial charge in [0.05, 0.1) is 11.9 Å². The van der Waals surface area contributed by atoms with Crippen LogP contribution < -0.4 is 5.32 Å². The van der Waals surface area contributed by atoms with E-state index < -0.39 is 0 Å². The van der Waals surface area contributed by atoms with E-state index in [2.05, 4.69) is 31.0 Å². The van der Waals surface area contributed by atoms with Crippen molar-refractivity contribution in [3.8, 4) is 5.69 Å². The standard InChI is InChI=1S/C16H17N7O/c1-10-19-21-22-23(10)14-5-2-11(3-6-14)16(24)18-13-4-7-15-12(8-13)9-17-20-15/h2-3,5-6,9,13H,4,7-8H2,1H3,(H,17,20)(H,18,24). The van der Waals surface area contributed by atoms with Gasteiger partial charge in [-0.05, 0) is 66.4 Å². The molecule has 2 N–H and O–H groups in total. The van der Waals surface area contributed by atoms with Crippen molar-refractivity contribution in [3.05, 3.63) is 53.1 Å². The van der Waals surface area contributed by atoms with E-state index in [4.69, 9.17) is 0 Å². The number of aryl methyl sites for hydroxylation is 2. The van der Waals surface area contributed by atoms with Gasteiger partial charge in [-0.1, -0.05) is 0 Å². The molecule has 122 valence electrons. The van der Waals surface area contributed by atoms with Crippen LogP contribution in [-0.4, -0.2) is 42.4 Å². The second-order valence-corrected chi connectivity index (χ2v) is 5.97. The van der Waals surface area contributed by atoms with Crippen LogP contribution in [-0.2, 0) is 12.8 Å². The van der Waals surface area contributed by atoms with Gasteiger partial charge in [-0.2, -0.15) is 9.78 Å². The molecule has 0 spiro atoms. The van der Waals surface area contributed by atoms with Crippen molar-refractivity contribution in [1.29, 1.82) is 0 Å². The number of nitrogens with one attached hydrogen (secondary N) is 2. The second-order valence-electron chi connectivity index (χ2n) is 5.97. The van der Waals surface area contributed by atoms with E-state index in [0.717, 1.165) is 24.9 Å². The Balaban J connectivity index is 1.44. The molecule has 0 saturated carbocycles. The van der Waals surface area contributed by atoms with Gasteiger partial charge in [0.15, 0.2) is 5.82 Å². The Morgan fingerprint density at radius 1 is 1.33 bits per heavy atom. The lowest BCUT2D eigenvalue weighted by molar-refractivity contribution is 0.0933. The number of H-pyrrole nitrogens is 1. The van der Waals surface area contributed by atoms with E-state index in [1.165, 1.54) is 11.3 Å². The highest BCUT2D eigenvalue weighted by molar-refractivity contribution is 5.94. The van der Waals surface area contributed by atoms with Crippen LogP contribution in [0.15, 0.2) is 30.5 Å². The maximum Gasteiger partial charge on any atom is 0.251 e. The highest BCUT2D eigenvalue weighted by Crippen LogP contribution is 2.19. The van der Waals surface area contributed by atoms with Gasteiger partial charge < -0.3 is 5.32 Å². The molecule has 8 nitrogen and oxygen atoms in total. The Bertz CT molecular complexity index is 865. The van der Waals surface area contributed by atoms with Gasteiger partial charge in [0.2, 0.25) is 0 Å². The number of nitrogens with zero attached hydrogens (tertiary/aromatic N) is 5. The zero-order valence-electron chi connectivity index (χ0n) is 13.2. The molecule has 4 rings (SSSR count). The summed E-state index contributed by atoms with van der Waals surface area (Å²) in [5.41, 5.74) is 3.83. The minimum atomic E-state index is -0.0630. The highest BCUT2D eigenvalue weighted by Gasteiger charge is 2.22. The van der Waals surface area contributed by atoms with Crippen molar-refractivity contribution in [2.24, 2.45) is 0 Å². The molecule has 24 heavy (non-hydrogen) atoms. The summed E-state index contributed by atoms with van der Waals surface area (Å²) >= 11 is 0. The molecule has 1 aliphatic carbocycles. The predicted octanol–water partition coefficient (Wildman–Crippen LogP) is 0.981. The van der Waals surface area contributed by atoms with E-state index in [0.29, 0.717) is 11.4 Å². The molecule has 0 saturated heterocycles. The van der Waals surface area contributed by atoms with Crippen molar-refractivity contribution in [1.82, 2.24) is 35.7 Å². The quantitative estimate of drug-likeness (QED) is 0.748. The zero-order valence-corrected chi connectivity index (χ0v) is 13.2. The van der Waals surface area contributed by atoms with Gasteiger partial charge in [-0.3, -0.25) is 9.89 Å². The topological polar surface area (TPSA) is 101 Å². The lowest BCUT2D eigenvalue weighted by Crippen LogP contribution is -2.38. The van der Waals surface area contributed by atoms with Crippen molar-refractivity contribution < 1.29 is 4.79 Å². The van der Waals surface area contributed by atoms with Crippen LogP contribution in [0.1, 0.15) is 33.9 Å². The number of aromatic nitrogens is 6. The summed E-state index contributed by atoms with van der Waals surface area (Å²) in [4.78, 5) is 12.4. The Kier molecular flexibility index (Phi) is 3.56. The fourth-order valence-electron chi connectivity index (χ4n) is 3.03. The largest absolute Gasteiger partial charge is 0.349 e. The third-order valence-electron chi connectivity index (χ3n) is 4.35. The van der Waals surface area contributed by atoms with E-state index in [1.807, 2.05) is 25.3 Å². The number of hydrogen-bond donors (Lipinski definition) is 2. The average Bonchev–Trinajstić information content (AvgIpc) is 3.23. The predicted molar refractivity (Wildman–Crippen MR) is 85.8 cm³/mol. The van der Waals surface area contributed by atoms with Crippen LogP contribution in [0.2, 0.25) is 0 Å². The molecule has 1 atom stereocenters. The van der Waals surface area contributed by atoms with Gasteiger partial charge >= 0.3 is 0 Å². The maximum atomic E-state index is 12.4. The number of fused-ring (bicyclic) bond motifs is 1. The van der Waals surface area contributed by atoms with Crippen molar-refractivity contribution in [2.45, 2.75) is 32.2 Å². The number of amides is 1. The maximum absolute atomic E-state index is 12.4. The molecule has 0 fully saturated rings. The Morgan fingerprint density at radius 2 is 2.17 bits per heavy atom. The smallest absolute Gasteiger partial charge is 0.251 e. The number of rotatable bonds is 3. The van der Waals surface area contributed by atoms with Gasteiger partial charge in [0, 0.05) is 17.3 Å². The number of tetrazole rings is 1. The first-order valence-corrected chi connectivity index (χ1v) is 7.88. The molecular weight excluding hydrogens is 306 g/mol. The molecule has 1 aromatic carbocycles. The summed E-state index contributed by atoms with van der Waals surface area (Å²) in [5, 5.41) is 21.6. The lowest BCUT2D eigenvalue weighted by atomic mass is 9.93. The first kappa shape index (κ1) is 14.6. The molecule has 1 amide bonds. The Morgan fingerprint density at radius 3 is 2.92 bits per heavy atom. The van der Waals surface area contributed by atoms with Crippen molar-refractivity contribution in [3.63, 3.8) is 0 Å². The monoisotopic (exact) mass is 323 g/mol. The number of carbonyl (C=O) groups is 1. The van der Waals surface area contributed by atoms with Crippen LogP contribution in [0.5, 0.6) is 0 Å². The first-order valence-electron chi connectivity index (χ1n) is 7.88. The molecule has 2 heterocycles. The van der Waals surface area contributed by atoms with E-state index in [-0.39, 0.29) is 11.9 Å². The average molecular weight is 323 g/mol. The lowest BCUT2D eigenvalue weighted by Gasteiger charge is -2.22. The summed E-state index contributed by atoms with van der Waals surface area (Å²) in [7, 11) is 0. The summed E-state index contributed by atoms with van der Waals surface area (Å²) in [6, 6.07) is 7.40. The Labute approximate surface area is 138 Å². The second kappa shape index (κ2) is 5.88. The summed E-state index contributed by atoms with van der Waals surface area (Å²) in [5.74, 6) is 0.636. The minimum absolute atomic E-state index is 0.0630. The van der Waals surface area contributed by atoms with Crippen LogP contribution in [0.25, 0.3) is 5.69 Å². The van der Waals surface area contributed by atoms with Crippen LogP contribution in [0.4, 0.5) is 0 Å². The van der Waals surface area contributed by atoms with Crippen molar-refractivity contribution in [2.75, 3.05) is 0 Å². The number of benzene rings is 1. The number of aromatic amines is 1. The molecule has 0 aliphatic heterocycles. The van der Waals surface area contributed by atoms with Crippen LogP contribution in [0.3, 0.4) is 0 Å². The Hall–Kier alpha value is -3.03. The SMILES string of the molecule is Cc1nnnn1-c1ccc(C(=O)NC2CCc3[nH]ncc3C2)cc1. The van der Waals surface area contributed by atoms with E-state index in [1.54, 1.807) is 16.8 Å². The van der Waals surface area contributed by atoms with E-state index >= 15 is 0 Å². The number of carbonyl (C=O) groups excluding carboxylic acids is 1. The fourth-order valence-corrected chi connectivity index (χ4v) is 3.03. The van der Waals surface area contributed by atoms with Gasteiger partial charge in [-0.25, -0.2) is 0 Å². The van der Waals surface area contributed by atoms with E-state index in [9.17, 15) is 4.79 Å². The van der Waals surface area contributed by atoms with Crippen molar-refractivity contribution >= 4 is 5.91 Å². The molecule has 1 aliphatic rings. The summed E-state index contributed by atoms with van der Waals surface area (Å²) < 4.78 is 1.63. The zero-order chi connectivity index (χ0) is 16.5. The summed E-state index contributed by atoms with van der Waals surface area (Å²) in [6.45, 7) is 1.83. The molecule has 2 aromatic heterocycles. The van der Waals surface area contributed by atoms with Gasteiger partial charge in [0.25, 0.3) is 5.91 Å². The first-order chi connectivity index (χ1) is 11.7. The molecule has 0 radical (unpaired) electrons. The molecular formula is C16H17N7O. The van der Waals surface area contributed by atoms with Gasteiger partial charge in [0.1, 0.15) is 0 Å². The molecule has 3 aromatic rings. The van der Waals surface area contributed by atoms with Gasteiger partial charge in [-0.15, -0.1) is 5.10 Å². The minimum Gasteiger partial charge on any atom is -0.349 e. The molecule has 8 heteroatoms. The molecule has 1 unspecified atom stereocenters. The number of hydrogen-bond acceptors (Lipinski definition) is 5. The van der Waals surface area contributed by atoms with Crippen LogP contribution in [0, 0.1) is 6.92 Å². The summed E-state index contributed by atoms with van der Waals surface area (Å²) in [6.07, 6.45) is 4.50. The highest BCUT2D eigenvalue weighted by atomic mass is 16.1. The third-order valence-corrected chi connectivity index (χ3v) is 4.35. The fraction of sp³-hybridized carbons (Fsp3) is 0.312. The third kappa shape index (κ3) is 2.66.